The van der Waals surface area contributed by atoms with Gasteiger partial charge in [0, 0.05) is 16.0 Å². The van der Waals surface area contributed by atoms with E-state index in [-0.39, 0.29) is 12.5 Å². The summed E-state index contributed by atoms with van der Waals surface area (Å²) in [6.07, 6.45) is 0. The highest BCUT2D eigenvalue weighted by atomic mass is 35.5. The van der Waals surface area contributed by atoms with Crippen LogP contribution in [0.25, 0.3) is 11.3 Å². The van der Waals surface area contributed by atoms with E-state index in [1.807, 2.05) is 55.6 Å². The maximum atomic E-state index is 12.2. The Labute approximate surface area is 166 Å². The fraction of sp³-hybridized carbons (Fsp3) is 0.200. The fourth-order valence-corrected chi connectivity index (χ4v) is 3.38. The van der Waals surface area contributed by atoms with E-state index in [4.69, 9.17) is 21.1 Å². The zero-order valence-corrected chi connectivity index (χ0v) is 16.8. The largest absolute Gasteiger partial charge is 0.497 e. The molecule has 0 bridgehead atoms. The van der Waals surface area contributed by atoms with Crippen molar-refractivity contribution in [1.82, 2.24) is 4.98 Å². The lowest BCUT2D eigenvalue weighted by Gasteiger charge is -2.09. The zero-order valence-electron chi connectivity index (χ0n) is 15.2. The van der Waals surface area contributed by atoms with Crippen LogP contribution >= 0.6 is 22.9 Å². The average Bonchev–Trinajstić information content (AvgIpc) is 3.12. The van der Waals surface area contributed by atoms with Gasteiger partial charge in [-0.05, 0) is 49.2 Å². The van der Waals surface area contributed by atoms with Crippen LogP contribution < -0.4 is 14.8 Å². The second kappa shape index (κ2) is 8.41. The van der Waals surface area contributed by atoms with Gasteiger partial charge in [0.05, 0.1) is 12.8 Å². The molecule has 0 aliphatic carbocycles. The Hall–Kier alpha value is -2.57. The number of nitrogens with zero attached hydrogens (tertiary/aromatic N) is 1. The standard InChI is InChI=1S/C20H19ClN2O3S/c1-12-7-16(8-13(2)19(12)21)26-10-18(24)23-20-22-17(11-27-20)14-5-4-6-15(9-14)25-3/h4-9,11H,10H2,1-3H3,(H,22,23,24). The van der Waals surface area contributed by atoms with Crippen molar-refractivity contribution in [1.29, 1.82) is 0 Å². The minimum Gasteiger partial charge on any atom is -0.497 e. The summed E-state index contributed by atoms with van der Waals surface area (Å²) in [6, 6.07) is 11.2. The number of ether oxygens (including phenoxy) is 2. The number of methoxy groups -OCH3 is 1. The molecule has 1 N–H and O–H groups in total. The summed E-state index contributed by atoms with van der Waals surface area (Å²) in [5, 5.41) is 5.87. The maximum Gasteiger partial charge on any atom is 0.264 e. The first-order chi connectivity index (χ1) is 13.0. The molecule has 0 aliphatic rings. The fourth-order valence-electron chi connectivity index (χ4n) is 2.54. The topological polar surface area (TPSA) is 60.5 Å². The number of hydrogen-bond acceptors (Lipinski definition) is 5. The van der Waals surface area contributed by atoms with E-state index >= 15 is 0 Å². The molecule has 140 valence electrons. The van der Waals surface area contributed by atoms with Crippen LogP contribution in [0.1, 0.15) is 11.1 Å². The quantitative estimate of drug-likeness (QED) is 0.622. The van der Waals surface area contributed by atoms with E-state index in [1.165, 1.54) is 11.3 Å². The Balaban J connectivity index is 1.61. The van der Waals surface area contributed by atoms with Crippen LogP contribution in [-0.2, 0) is 4.79 Å². The Morgan fingerprint density at radius 1 is 1.19 bits per heavy atom. The lowest BCUT2D eigenvalue weighted by atomic mass is 10.1. The number of thiazole rings is 1. The van der Waals surface area contributed by atoms with Gasteiger partial charge >= 0.3 is 0 Å². The van der Waals surface area contributed by atoms with Gasteiger partial charge in [0.15, 0.2) is 11.7 Å². The molecule has 0 atom stereocenters. The lowest BCUT2D eigenvalue weighted by molar-refractivity contribution is -0.118. The van der Waals surface area contributed by atoms with Crippen LogP contribution in [0.4, 0.5) is 5.13 Å². The SMILES string of the molecule is COc1cccc(-c2csc(NC(=O)COc3cc(C)c(Cl)c(C)c3)n2)c1. The molecule has 0 fully saturated rings. The predicted molar refractivity (Wildman–Crippen MR) is 109 cm³/mol. The molecule has 27 heavy (non-hydrogen) atoms. The molecule has 1 aromatic heterocycles. The van der Waals surface area contributed by atoms with Gasteiger partial charge in [-0.2, -0.15) is 0 Å². The summed E-state index contributed by atoms with van der Waals surface area (Å²) < 4.78 is 10.8. The number of aryl methyl sites for hydroxylation is 2. The molecule has 0 unspecified atom stereocenters. The van der Waals surface area contributed by atoms with Crippen LogP contribution in [-0.4, -0.2) is 24.6 Å². The predicted octanol–water partition coefficient (Wildman–Crippen LogP) is 5.11. The second-order valence-electron chi connectivity index (χ2n) is 5.98. The molecular formula is C20H19ClN2O3S. The van der Waals surface area contributed by atoms with Gasteiger partial charge in [0.1, 0.15) is 11.5 Å². The van der Waals surface area contributed by atoms with E-state index in [2.05, 4.69) is 10.3 Å². The Kier molecular flexibility index (Phi) is 5.98. The normalized spacial score (nSPS) is 10.5. The third-order valence-corrected chi connectivity index (χ3v) is 5.25. The number of carbonyl (C=O) groups excluding carboxylic acids is 1. The van der Waals surface area contributed by atoms with Crippen molar-refractivity contribution in [2.24, 2.45) is 0 Å². The molecule has 0 aliphatic heterocycles. The highest BCUT2D eigenvalue weighted by Crippen LogP contribution is 2.28. The number of hydrogen-bond donors (Lipinski definition) is 1. The smallest absolute Gasteiger partial charge is 0.264 e. The molecule has 3 aromatic rings. The first kappa shape index (κ1) is 19.2. The van der Waals surface area contributed by atoms with Crippen molar-refractivity contribution in [3.8, 4) is 22.8 Å². The molecule has 0 radical (unpaired) electrons. The van der Waals surface area contributed by atoms with Gasteiger partial charge in [0.25, 0.3) is 5.91 Å². The summed E-state index contributed by atoms with van der Waals surface area (Å²) in [5.41, 5.74) is 3.53. The second-order valence-corrected chi connectivity index (χ2v) is 7.21. The summed E-state index contributed by atoms with van der Waals surface area (Å²) >= 11 is 7.50. The lowest BCUT2D eigenvalue weighted by Crippen LogP contribution is -2.20. The first-order valence-corrected chi connectivity index (χ1v) is 9.51. The molecule has 1 amide bonds. The minimum absolute atomic E-state index is 0.103. The molecule has 2 aromatic carbocycles. The zero-order chi connectivity index (χ0) is 19.4. The highest BCUT2D eigenvalue weighted by molar-refractivity contribution is 7.14. The van der Waals surface area contributed by atoms with Crippen molar-refractivity contribution in [3.63, 3.8) is 0 Å². The molecule has 3 rings (SSSR count). The minimum atomic E-state index is -0.271. The van der Waals surface area contributed by atoms with Gasteiger partial charge in [-0.1, -0.05) is 23.7 Å². The first-order valence-electron chi connectivity index (χ1n) is 8.25. The van der Waals surface area contributed by atoms with Crippen molar-refractivity contribution in [2.45, 2.75) is 13.8 Å². The molecule has 7 heteroatoms. The number of rotatable bonds is 6. The van der Waals surface area contributed by atoms with E-state index < -0.39 is 0 Å². The van der Waals surface area contributed by atoms with Gasteiger partial charge in [-0.3, -0.25) is 10.1 Å². The van der Waals surface area contributed by atoms with Gasteiger partial charge in [-0.25, -0.2) is 4.98 Å². The summed E-state index contributed by atoms with van der Waals surface area (Å²) in [6.45, 7) is 3.70. The molecule has 5 nitrogen and oxygen atoms in total. The van der Waals surface area contributed by atoms with Crippen LogP contribution in [0.5, 0.6) is 11.5 Å². The molecule has 1 heterocycles. The van der Waals surface area contributed by atoms with Crippen LogP contribution in [0.3, 0.4) is 0 Å². The molecular weight excluding hydrogens is 384 g/mol. The number of carbonyl (C=O) groups is 1. The Bertz CT molecular complexity index is 948. The number of aromatic nitrogens is 1. The van der Waals surface area contributed by atoms with Gasteiger partial charge in [-0.15, -0.1) is 11.3 Å². The summed E-state index contributed by atoms with van der Waals surface area (Å²) in [5.74, 6) is 1.10. The van der Waals surface area contributed by atoms with Crippen molar-refractivity contribution in [2.75, 3.05) is 19.0 Å². The van der Waals surface area contributed by atoms with Gasteiger partial charge < -0.3 is 9.47 Å². The van der Waals surface area contributed by atoms with E-state index in [9.17, 15) is 4.79 Å². The number of halogens is 1. The van der Waals surface area contributed by atoms with Crippen LogP contribution in [0.2, 0.25) is 5.02 Å². The van der Waals surface area contributed by atoms with E-state index in [1.54, 1.807) is 7.11 Å². The Morgan fingerprint density at radius 2 is 1.93 bits per heavy atom. The van der Waals surface area contributed by atoms with Crippen molar-refractivity contribution < 1.29 is 14.3 Å². The molecule has 0 saturated heterocycles. The summed E-state index contributed by atoms with van der Waals surface area (Å²) in [4.78, 5) is 16.6. The van der Waals surface area contributed by atoms with Crippen molar-refractivity contribution >= 4 is 34.0 Å². The van der Waals surface area contributed by atoms with Crippen LogP contribution in [0.15, 0.2) is 41.8 Å². The third-order valence-electron chi connectivity index (χ3n) is 3.90. The number of anilines is 1. The monoisotopic (exact) mass is 402 g/mol. The van der Waals surface area contributed by atoms with Gasteiger partial charge in [0.2, 0.25) is 0 Å². The van der Waals surface area contributed by atoms with E-state index in [0.717, 1.165) is 28.1 Å². The molecule has 0 saturated carbocycles. The van der Waals surface area contributed by atoms with Crippen LogP contribution in [0, 0.1) is 13.8 Å². The Morgan fingerprint density at radius 3 is 2.63 bits per heavy atom. The number of nitrogens with one attached hydrogen (secondary N) is 1. The third kappa shape index (κ3) is 4.78. The maximum absolute atomic E-state index is 12.2. The average molecular weight is 403 g/mol. The van der Waals surface area contributed by atoms with E-state index in [0.29, 0.717) is 15.9 Å². The van der Waals surface area contributed by atoms with Crippen molar-refractivity contribution in [3.05, 3.63) is 57.9 Å². The number of amides is 1. The number of benzene rings is 2. The summed E-state index contributed by atoms with van der Waals surface area (Å²) in [7, 11) is 1.62. The molecule has 0 spiro atoms. The highest BCUT2D eigenvalue weighted by Gasteiger charge is 2.10.